The zero-order valence-electron chi connectivity index (χ0n) is 4.87. The maximum absolute atomic E-state index is 9.89. The molecule has 5 N–H and O–H groups in total. The van der Waals surface area contributed by atoms with E-state index in [2.05, 4.69) is 0 Å². The highest BCUT2D eigenvalue weighted by atomic mass is 32.2. The van der Waals surface area contributed by atoms with E-state index in [1.54, 1.807) is 0 Å². The van der Waals surface area contributed by atoms with E-state index in [4.69, 9.17) is 10.3 Å². The predicted molar refractivity (Wildman–Crippen MR) is 33.7 cm³/mol. The van der Waals surface area contributed by atoms with E-state index < -0.39 is 10.1 Å². The van der Waals surface area contributed by atoms with Gasteiger partial charge in [-0.1, -0.05) is 0 Å². The molecule has 0 amide bonds. The lowest BCUT2D eigenvalue weighted by Crippen LogP contribution is -2.09. The first kappa shape index (κ1) is 11.6. The molecule has 6 heteroatoms. The number of hydrogen-bond acceptors (Lipinski definition) is 3. The summed E-state index contributed by atoms with van der Waals surface area (Å²) in [5.74, 6) is -0.233. The molecule has 0 radical (unpaired) electrons. The molecule has 0 fully saturated rings. The van der Waals surface area contributed by atoms with Crippen LogP contribution in [0, 0.1) is 0 Å². The highest BCUT2D eigenvalue weighted by Crippen LogP contribution is 1.83. The van der Waals surface area contributed by atoms with Gasteiger partial charge in [-0.25, -0.2) is 0 Å². The maximum Gasteiger partial charge on any atom is 0.264 e. The molecule has 5 nitrogen and oxygen atoms in total. The van der Waals surface area contributed by atoms with Crippen LogP contribution < -0.4 is 5.73 Å². The average Bonchev–Trinajstić information content (AvgIpc) is 1.59. The molecule has 58 valence electrons. The molecule has 0 heterocycles. The van der Waals surface area contributed by atoms with Crippen LogP contribution in [0.1, 0.15) is 6.42 Å². The summed E-state index contributed by atoms with van der Waals surface area (Å²) in [7, 11) is -3.77. The van der Waals surface area contributed by atoms with E-state index in [9.17, 15) is 8.42 Å². The van der Waals surface area contributed by atoms with Gasteiger partial charge in [0.2, 0.25) is 0 Å². The molecule has 0 atom stereocenters. The highest BCUT2D eigenvalue weighted by Gasteiger charge is 2.00. The molecule has 0 aliphatic carbocycles. The third-order valence-electron chi connectivity index (χ3n) is 0.606. The van der Waals surface area contributed by atoms with Gasteiger partial charge in [0.05, 0.1) is 5.75 Å². The topological polar surface area (TPSA) is 112 Å². The minimum Gasteiger partial charge on any atom is -0.412 e. The quantitative estimate of drug-likeness (QED) is 0.480. The lowest BCUT2D eigenvalue weighted by molar-refractivity contribution is 0.481. The van der Waals surface area contributed by atoms with Gasteiger partial charge in [-0.05, 0) is 13.0 Å². The van der Waals surface area contributed by atoms with Crippen LogP contribution in [-0.2, 0) is 10.1 Å². The Morgan fingerprint density at radius 2 is 1.89 bits per heavy atom. The van der Waals surface area contributed by atoms with Crippen molar-refractivity contribution in [2.75, 3.05) is 12.3 Å². The summed E-state index contributed by atoms with van der Waals surface area (Å²) in [6, 6.07) is 0. The smallest absolute Gasteiger partial charge is 0.264 e. The Morgan fingerprint density at radius 1 is 1.44 bits per heavy atom. The summed E-state index contributed by atoms with van der Waals surface area (Å²) in [4.78, 5) is 0. The molecule has 0 unspecified atom stereocenters. The van der Waals surface area contributed by atoms with Crippen molar-refractivity contribution in [1.29, 1.82) is 0 Å². The number of rotatable bonds is 3. The van der Waals surface area contributed by atoms with Gasteiger partial charge in [0.25, 0.3) is 10.1 Å². The van der Waals surface area contributed by atoms with Gasteiger partial charge in [0.15, 0.2) is 0 Å². The highest BCUT2D eigenvalue weighted by molar-refractivity contribution is 7.85. The van der Waals surface area contributed by atoms with Crippen LogP contribution in [0.5, 0.6) is 0 Å². The van der Waals surface area contributed by atoms with Crippen LogP contribution in [0.2, 0.25) is 0 Å². The molecule has 9 heavy (non-hydrogen) atoms. The van der Waals surface area contributed by atoms with Gasteiger partial charge < -0.3 is 11.2 Å². The van der Waals surface area contributed by atoms with Crippen molar-refractivity contribution in [1.82, 2.24) is 0 Å². The van der Waals surface area contributed by atoms with E-state index in [1.165, 1.54) is 0 Å². The van der Waals surface area contributed by atoms with Crippen LogP contribution >= 0.6 is 0 Å². The zero-order valence-corrected chi connectivity index (χ0v) is 5.69. The molecule has 0 aromatic heterocycles. The second-order valence-corrected chi connectivity index (χ2v) is 3.00. The maximum atomic E-state index is 9.89. The van der Waals surface area contributed by atoms with Crippen molar-refractivity contribution in [2.24, 2.45) is 5.73 Å². The first-order valence-electron chi connectivity index (χ1n) is 2.21. The van der Waals surface area contributed by atoms with Gasteiger partial charge in [-0.15, -0.1) is 0 Å². The van der Waals surface area contributed by atoms with Crippen molar-refractivity contribution in [3.63, 3.8) is 0 Å². The van der Waals surface area contributed by atoms with E-state index >= 15 is 0 Å². The Morgan fingerprint density at radius 3 is 2.00 bits per heavy atom. The third-order valence-corrected chi connectivity index (χ3v) is 1.41. The zero-order chi connectivity index (χ0) is 6.62. The van der Waals surface area contributed by atoms with Crippen LogP contribution in [-0.4, -0.2) is 30.7 Å². The predicted octanol–water partition coefficient (Wildman–Crippen LogP) is -1.60. The molecule has 0 spiro atoms. The SMILES string of the molecule is NCCCS(=O)(=O)O.O. The summed E-state index contributed by atoms with van der Waals surface area (Å²) in [6.45, 7) is 0.291. The Kier molecular flexibility index (Phi) is 6.04. The molecule has 0 bridgehead atoms. The first-order chi connectivity index (χ1) is 3.56. The lowest BCUT2D eigenvalue weighted by Gasteiger charge is -1.90. The molecule has 0 rings (SSSR count). The number of nitrogens with two attached hydrogens (primary N) is 1. The average molecular weight is 157 g/mol. The van der Waals surface area contributed by atoms with Gasteiger partial charge >= 0.3 is 0 Å². The van der Waals surface area contributed by atoms with E-state index in [1.807, 2.05) is 0 Å². The van der Waals surface area contributed by atoms with Crippen molar-refractivity contribution < 1.29 is 18.4 Å². The lowest BCUT2D eigenvalue weighted by atomic mass is 10.5. The second kappa shape index (κ2) is 4.68. The van der Waals surface area contributed by atoms with E-state index in [0.29, 0.717) is 13.0 Å². The summed E-state index contributed by atoms with van der Waals surface area (Å²) in [5, 5.41) is 0. The van der Waals surface area contributed by atoms with E-state index in [-0.39, 0.29) is 11.2 Å². The molecule has 0 saturated carbocycles. The van der Waals surface area contributed by atoms with Crippen LogP contribution in [0.4, 0.5) is 0 Å². The van der Waals surface area contributed by atoms with Gasteiger partial charge in [-0.3, -0.25) is 4.55 Å². The Balaban J connectivity index is 0. The summed E-state index contributed by atoms with van der Waals surface area (Å²) < 4.78 is 27.8. The Labute approximate surface area is 53.9 Å². The molecule has 0 saturated heterocycles. The molecule has 0 aliphatic heterocycles. The minimum atomic E-state index is -3.77. The Hall–Kier alpha value is -0.170. The largest absolute Gasteiger partial charge is 0.412 e. The van der Waals surface area contributed by atoms with Gasteiger partial charge in [0.1, 0.15) is 0 Å². The molecular formula is C3H11NO4S. The first-order valence-corrected chi connectivity index (χ1v) is 3.82. The van der Waals surface area contributed by atoms with Gasteiger partial charge in [0, 0.05) is 0 Å². The fourth-order valence-corrected chi connectivity index (χ4v) is 0.797. The van der Waals surface area contributed by atoms with Crippen LogP contribution in [0.15, 0.2) is 0 Å². The Bertz CT molecular complexity index is 140. The summed E-state index contributed by atoms with van der Waals surface area (Å²) in [6.07, 6.45) is 0.318. The fourth-order valence-electron chi connectivity index (χ4n) is 0.266. The van der Waals surface area contributed by atoms with Crippen molar-refractivity contribution >= 4 is 10.1 Å². The third kappa shape index (κ3) is 11.4. The van der Waals surface area contributed by atoms with E-state index in [0.717, 1.165) is 0 Å². The summed E-state index contributed by atoms with van der Waals surface area (Å²) in [5.41, 5.74) is 4.96. The standard InChI is InChI=1S/C3H9NO3S.H2O/c4-2-1-3-8(5,6)7;/h1-4H2,(H,5,6,7);1H2. The molecule has 0 aromatic carbocycles. The normalized spacial score (nSPS) is 10.4. The van der Waals surface area contributed by atoms with Gasteiger partial charge in [-0.2, -0.15) is 8.42 Å². The second-order valence-electron chi connectivity index (χ2n) is 1.43. The number of hydrogen-bond donors (Lipinski definition) is 2. The minimum absolute atomic E-state index is 0. The molecule has 0 aliphatic rings. The summed E-state index contributed by atoms with van der Waals surface area (Å²) >= 11 is 0. The molecular weight excluding hydrogens is 146 g/mol. The van der Waals surface area contributed by atoms with Crippen LogP contribution in [0.3, 0.4) is 0 Å². The van der Waals surface area contributed by atoms with Crippen molar-refractivity contribution in [3.05, 3.63) is 0 Å². The fraction of sp³-hybridized carbons (Fsp3) is 1.00. The van der Waals surface area contributed by atoms with Crippen LogP contribution in [0.25, 0.3) is 0 Å². The monoisotopic (exact) mass is 157 g/mol. The molecule has 0 aromatic rings. The van der Waals surface area contributed by atoms with Crippen molar-refractivity contribution in [2.45, 2.75) is 6.42 Å². The van der Waals surface area contributed by atoms with Crippen molar-refractivity contribution in [3.8, 4) is 0 Å².